The topological polar surface area (TPSA) is 69.6 Å². The number of rotatable bonds is 1. The third-order valence-electron chi connectivity index (χ3n) is 3.06. The van der Waals surface area contributed by atoms with Crippen molar-refractivity contribution in [2.24, 2.45) is 0 Å². The van der Waals surface area contributed by atoms with Crippen molar-refractivity contribution in [3.05, 3.63) is 42.2 Å². The summed E-state index contributed by atoms with van der Waals surface area (Å²) in [5, 5.41) is 0. The van der Waals surface area contributed by atoms with Crippen molar-refractivity contribution in [1.29, 1.82) is 0 Å². The number of hydrogen-bond donors (Lipinski definition) is 1. The Morgan fingerprint density at radius 3 is 3.05 bits per heavy atom. The molecule has 19 heavy (non-hydrogen) atoms. The number of nitrogens with two attached hydrogens (primary N) is 1. The van der Waals surface area contributed by atoms with Crippen molar-refractivity contribution in [3.8, 4) is 5.69 Å². The van der Waals surface area contributed by atoms with Crippen LogP contribution in [0, 0.1) is 0 Å². The minimum absolute atomic E-state index is 0.465. The second-order valence-corrected chi connectivity index (χ2v) is 5.06. The van der Waals surface area contributed by atoms with Crippen LogP contribution in [-0.2, 0) is 0 Å². The summed E-state index contributed by atoms with van der Waals surface area (Å²) in [5.41, 5.74) is 11.6. The average Bonchev–Trinajstić information content (AvgIpc) is 3.00. The van der Waals surface area contributed by atoms with E-state index in [2.05, 4.69) is 21.0 Å². The van der Waals surface area contributed by atoms with Crippen LogP contribution in [0.2, 0.25) is 0 Å². The molecule has 0 aliphatic heterocycles. The first-order valence-corrected chi connectivity index (χ1v) is 6.62. The maximum atomic E-state index is 6.02. The molecule has 4 rings (SSSR count). The van der Waals surface area contributed by atoms with Crippen LogP contribution in [0.15, 0.2) is 42.2 Å². The highest BCUT2D eigenvalue weighted by molar-refractivity contribution is 7.16. The number of anilines is 1. The van der Waals surface area contributed by atoms with Gasteiger partial charge in [0, 0.05) is 6.20 Å². The molecule has 5 nitrogen and oxygen atoms in total. The highest BCUT2D eigenvalue weighted by Crippen LogP contribution is 2.26. The molecule has 0 spiro atoms. The van der Waals surface area contributed by atoms with E-state index in [-0.39, 0.29) is 0 Å². The van der Waals surface area contributed by atoms with Crippen LogP contribution in [-0.4, -0.2) is 19.5 Å². The van der Waals surface area contributed by atoms with E-state index < -0.39 is 0 Å². The van der Waals surface area contributed by atoms with E-state index in [1.807, 2.05) is 28.3 Å². The predicted molar refractivity (Wildman–Crippen MR) is 76.5 cm³/mol. The molecule has 0 saturated heterocycles. The normalized spacial score (nSPS) is 11.4. The number of benzene rings is 1. The summed E-state index contributed by atoms with van der Waals surface area (Å²) in [4.78, 5) is 12.7. The molecule has 0 atom stereocenters. The third-order valence-corrected chi connectivity index (χ3v) is 3.85. The van der Waals surface area contributed by atoms with Gasteiger partial charge in [-0.15, -0.1) is 11.3 Å². The lowest BCUT2D eigenvalue weighted by atomic mass is 10.3. The first-order chi connectivity index (χ1) is 9.33. The van der Waals surface area contributed by atoms with Crippen LogP contribution in [0.5, 0.6) is 0 Å². The number of pyridine rings is 1. The lowest BCUT2D eigenvalue weighted by Crippen LogP contribution is -2.00. The molecule has 0 radical (unpaired) electrons. The summed E-state index contributed by atoms with van der Waals surface area (Å²) in [7, 11) is 0. The Morgan fingerprint density at radius 2 is 2.11 bits per heavy atom. The van der Waals surface area contributed by atoms with Gasteiger partial charge in [-0.3, -0.25) is 9.55 Å². The molecule has 0 aliphatic carbocycles. The van der Waals surface area contributed by atoms with E-state index in [1.54, 1.807) is 23.7 Å². The van der Waals surface area contributed by atoms with Crippen molar-refractivity contribution in [2.45, 2.75) is 0 Å². The molecule has 2 N–H and O–H groups in total. The first kappa shape index (κ1) is 10.5. The fourth-order valence-electron chi connectivity index (χ4n) is 2.21. The Hall–Kier alpha value is -2.47. The maximum absolute atomic E-state index is 6.02. The van der Waals surface area contributed by atoms with E-state index in [9.17, 15) is 0 Å². The molecule has 0 amide bonds. The van der Waals surface area contributed by atoms with Gasteiger partial charge in [-0.2, -0.15) is 0 Å². The van der Waals surface area contributed by atoms with E-state index in [4.69, 9.17) is 5.73 Å². The molecule has 0 aliphatic rings. The second-order valence-electron chi connectivity index (χ2n) is 4.17. The monoisotopic (exact) mass is 267 g/mol. The largest absolute Gasteiger partial charge is 0.369 e. The highest BCUT2D eigenvalue weighted by atomic mass is 32.1. The van der Waals surface area contributed by atoms with Gasteiger partial charge in [0.2, 0.25) is 5.95 Å². The van der Waals surface area contributed by atoms with Crippen LogP contribution in [0.25, 0.3) is 26.9 Å². The fraction of sp³-hybridized carbons (Fsp3) is 0. The van der Waals surface area contributed by atoms with Crippen LogP contribution in [0.1, 0.15) is 0 Å². The molecule has 6 heteroatoms. The van der Waals surface area contributed by atoms with Crippen LogP contribution in [0.3, 0.4) is 0 Å². The number of nitrogen functional groups attached to an aromatic ring is 1. The molecule has 0 unspecified atom stereocenters. The minimum Gasteiger partial charge on any atom is -0.369 e. The van der Waals surface area contributed by atoms with Crippen LogP contribution >= 0.6 is 11.3 Å². The van der Waals surface area contributed by atoms with E-state index in [0.29, 0.717) is 5.95 Å². The van der Waals surface area contributed by atoms with E-state index in [0.717, 1.165) is 26.9 Å². The van der Waals surface area contributed by atoms with Gasteiger partial charge in [0.05, 0.1) is 33.1 Å². The van der Waals surface area contributed by atoms with Crippen molar-refractivity contribution in [1.82, 2.24) is 19.5 Å². The standard InChI is InChI=1S/C13H9N5S/c14-13-17-10-6-15-4-3-11(10)18(13)8-1-2-9-12(5-8)19-7-16-9/h1-7H,(H2,14,17). The molecule has 92 valence electrons. The summed E-state index contributed by atoms with van der Waals surface area (Å²) in [6.07, 6.45) is 3.46. The van der Waals surface area contributed by atoms with Gasteiger partial charge >= 0.3 is 0 Å². The van der Waals surface area contributed by atoms with Gasteiger partial charge in [0.25, 0.3) is 0 Å². The maximum Gasteiger partial charge on any atom is 0.205 e. The summed E-state index contributed by atoms with van der Waals surface area (Å²) in [5.74, 6) is 0.465. The number of nitrogens with zero attached hydrogens (tertiary/aromatic N) is 4. The SMILES string of the molecule is Nc1nc2cnccc2n1-c1ccc2ncsc2c1. The number of fused-ring (bicyclic) bond motifs is 2. The second kappa shape index (κ2) is 3.76. The Labute approximate surface area is 112 Å². The highest BCUT2D eigenvalue weighted by Gasteiger charge is 2.10. The molecule has 1 aromatic carbocycles. The minimum atomic E-state index is 0.465. The van der Waals surface area contributed by atoms with E-state index in [1.165, 1.54) is 0 Å². The number of hydrogen-bond acceptors (Lipinski definition) is 5. The number of aromatic nitrogens is 4. The molecule has 3 aromatic heterocycles. The lowest BCUT2D eigenvalue weighted by Gasteiger charge is -2.06. The average molecular weight is 267 g/mol. The molecule has 0 bridgehead atoms. The lowest BCUT2D eigenvalue weighted by molar-refractivity contribution is 1.11. The Morgan fingerprint density at radius 1 is 1.16 bits per heavy atom. The van der Waals surface area contributed by atoms with Crippen molar-refractivity contribution >= 4 is 38.5 Å². The van der Waals surface area contributed by atoms with Gasteiger partial charge < -0.3 is 5.73 Å². The quantitative estimate of drug-likeness (QED) is 0.575. The summed E-state index contributed by atoms with van der Waals surface area (Å²) >= 11 is 1.61. The Bertz CT molecular complexity index is 892. The first-order valence-electron chi connectivity index (χ1n) is 5.74. The van der Waals surface area contributed by atoms with E-state index >= 15 is 0 Å². The third kappa shape index (κ3) is 1.50. The Kier molecular flexibility index (Phi) is 2.07. The van der Waals surface area contributed by atoms with Gasteiger partial charge in [-0.25, -0.2) is 9.97 Å². The smallest absolute Gasteiger partial charge is 0.205 e. The molecular formula is C13H9N5S. The Balaban J connectivity index is 2.05. The van der Waals surface area contributed by atoms with Gasteiger partial charge in [-0.1, -0.05) is 0 Å². The molecule has 0 saturated carbocycles. The van der Waals surface area contributed by atoms with Gasteiger partial charge in [0.15, 0.2) is 0 Å². The van der Waals surface area contributed by atoms with Gasteiger partial charge in [-0.05, 0) is 24.3 Å². The zero-order valence-electron chi connectivity index (χ0n) is 9.82. The fourth-order valence-corrected chi connectivity index (χ4v) is 2.92. The molecule has 4 aromatic rings. The zero-order valence-corrected chi connectivity index (χ0v) is 10.6. The summed E-state index contributed by atoms with van der Waals surface area (Å²) < 4.78 is 3.06. The summed E-state index contributed by atoms with van der Waals surface area (Å²) in [6.45, 7) is 0. The van der Waals surface area contributed by atoms with Crippen molar-refractivity contribution in [2.75, 3.05) is 5.73 Å². The van der Waals surface area contributed by atoms with Crippen molar-refractivity contribution in [3.63, 3.8) is 0 Å². The zero-order chi connectivity index (χ0) is 12.8. The molecular weight excluding hydrogens is 258 g/mol. The summed E-state index contributed by atoms with van der Waals surface area (Å²) in [6, 6.07) is 7.98. The molecule has 0 fully saturated rings. The van der Waals surface area contributed by atoms with Crippen LogP contribution < -0.4 is 5.73 Å². The number of thiazole rings is 1. The molecule has 3 heterocycles. The van der Waals surface area contributed by atoms with Crippen molar-refractivity contribution < 1.29 is 0 Å². The van der Waals surface area contributed by atoms with Crippen LogP contribution in [0.4, 0.5) is 5.95 Å². The predicted octanol–water partition coefficient (Wildman–Crippen LogP) is 2.61. The van der Waals surface area contributed by atoms with Gasteiger partial charge in [0.1, 0.15) is 5.52 Å². The number of imidazole rings is 1.